The SMILES string of the molecule is Cc1ccc(C(CN)N2CCC(C(C)(C)C)CC2)cc1Cl. The largest absolute Gasteiger partial charge is 0.329 e. The van der Waals surface area contributed by atoms with E-state index in [9.17, 15) is 0 Å². The Morgan fingerprint density at radius 1 is 1.29 bits per heavy atom. The van der Waals surface area contributed by atoms with E-state index in [4.69, 9.17) is 17.3 Å². The number of halogens is 1. The zero-order valence-corrected chi connectivity index (χ0v) is 14.6. The van der Waals surface area contributed by atoms with E-state index in [1.54, 1.807) is 0 Å². The van der Waals surface area contributed by atoms with Gasteiger partial charge in [0.15, 0.2) is 0 Å². The molecule has 3 heteroatoms. The van der Waals surface area contributed by atoms with E-state index in [0.29, 0.717) is 18.0 Å². The Morgan fingerprint density at radius 3 is 2.38 bits per heavy atom. The first kappa shape index (κ1) is 16.8. The third-order valence-corrected chi connectivity index (χ3v) is 5.41. The topological polar surface area (TPSA) is 29.3 Å². The lowest BCUT2D eigenvalue weighted by Crippen LogP contribution is -2.42. The van der Waals surface area contributed by atoms with Crippen molar-refractivity contribution in [2.75, 3.05) is 19.6 Å². The fourth-order valence-corrected chi connectivity index (χ4v) is 3.58. The van der Waals surface area contributed by atoms with Gasteiger partial charge in [-0.15, -0.1) is 0 Å². The summed E-state index contributed by atoms with van der Waals surface area (Å²) in [5.74, 6) is 0.814. The smallest absolute Gasteiger partial charge is 0.0470 e. The molecule has 1 aromatic carbocycles. The van der Waals surface area contributed by atoms with Gasteiger partial charge in [0.05, 0.1) is 0 Å². The minimum Gasteiger partial charge on any atom is -0.329 e. The Morgan fingerprint density at radius 2 is 1.90 bits per heavy atom. The number of aryl methyl sites for hydroxylation is 1. The van der Waals surface area contributed by atoms with Crippen molar-refractivity contribution < 1.29 is 0 Å². The minimum atomic E-state index is 0.295. The fraction of sp³-hybridized carbons (Fsp3) is 0.667. The maximum atomic E-state index is 6.28. The van der Waals surface area contributed by atoms with Gasteiger partial charge in [0.25, 0.3) is 0 Å². The van der Waals surface area contributed by atoms with Gasteiger partial charge in [-0.3, -0.25) is 4.90 Å². The van der Waals surface area contributed by atoms with Gasteiger partial charge in [-0.05, 0) is 61.4 Å². The van der Waals surface area contributed by atoms with E-state index < -0.39 is 0 Å². The van der Waals surface area contributed by atoms with Gasteiger partial charge in [-0.1, -0.05) is 44.5 Å². The Labute approximate surface area is 134 Å². The third kappa shape index (κ3) is 4.00. The molecule has 0 saturated carbocycles. The van der Waals surface area contributed by atoms with Crippen LogP contribution in [0.1, 0.15) is 50.8 Å². The van der Waals surface area contributed by atoms with E-state index in [1.807, 2.05) is 6.92 Å². The van der Waals surface area contributed by atoms with Gasteiger partial charge in [0.2, 0.25) is 0 Å². The van der Waals surface area contributed by atoms with Gasteiger partial charge in [-0.2, -0.15) is 0 Å². The molecule has 1 aromatic rings. The molecule has 1 atom stereocenters. The van der Waals surface area contributed by atoms with Crippen molar-refractivity contribution in [2.45, 2.75) is 46.6 Å². The lowest BCUT2D eigenvalue weighted by molar-refractivity contribution is 0.0846. The summed E-state index contributed by atoms with van der Waals surface area (Å²) in [4.78, 5) is 2.53. The van der Waals surface area contributed by atoms with Gasteiger partial charge < -0.3 is 5.73 Å². The average Bonchev–Trinajstić information content (AvgIpc) is 2.43. The van der Waals surface area contributed by atoms with Gasteiger partial charge >= 0.3 is 0 Å². The second-order valence-electron chi connectivity index (χ2n) is 7.44. The lowest BCUT2D eigenvalue weighted by atomic mass is 9.75. The predicted octanol–water partition coefficient (Wildman–Crippen LogP) is 4.41. The number of hydrogen-bond acceptors (Lipinski definition) is 2. The van der Waals surface area contributed by atoms with E-state index in [0.717, 1.165) is 29.6 Å². The number of nitrogens with two attached hydrogens (primary N) is 1. The molecule has 1 fully saturated rings. The molecule has 1 unspecified atom stereocenters. The first-order valence-electron chi connectivity index (χ1n) is 8.03. The van der Waals surface area contributed by atoms with E-state index in [-0.39, 0.29) is 0 Å². The Bertz CT molecular complexity index is 471. The molecule has 0 spiro atoms. The summed E-state index contributed by atoms with van der Waals surface area (Å²) >= 11 is 6.28. The van der Waals surface area contributed by atoms with Crippen LogP contribution < -0.4 is 5.73 Å². The molecule has 1 aliphatic rings. The third-order valence-electron chi connectivity index (χ3n) is 5.00. The normalized spacial score (nSPS) is 19.7. The zero-order valence-electron chi connectivity index (χ0n) is 13.8. The standard InChI is InChI=1S/C18H29ClN2/c1-13-5-6-14(11-16(13)19)17(12-20)21-9-7-15(8-10-21)18(2,3)4/h5-6,11,15,17H,7-10,12,20H2,1-4H3. The summed E-state index contributed by atoms with van der Waals surface area (Å²) < 4.78 is 0. The predicted molar refractivity (Wildman–Crippen MR) is 91.7 cm³/mol. The highest BCUT2D eigenvalue weighted by Gasteiger charge is 2.31. The second kappa shape index (κ2) is 6.68. The number of benzene rings is 1. The number of piperidine rings is 1. The van der Waals surface area contributed by atoms with E-state index in [2.05, 4.69) is 43.9 Å². The summed E-state index contributed by atoms with van der Waals surface area (Å²) in [5, 5.41) is 0.843. The molecule has 2 rings (SSSR count). The van der Waals surface area contributed by atoms with E-state index >= 15 is 0 Å². The number of likely N-dealkylation sites (tertiary alicyclic amines) is 1. The van der Waals surface area contributed by atoms with Crippen LogP contribution in [0.3, 0.4) is 0 Å². The van der Waals surface area contributed by atoms with Crippen LogP contribution in [-0.2, 0) is 0 Å². The average molecular weight is 309 g/mol. The van der Waals surface area contributed by atoms with Crippen LogP contribution in [0.4, 0.5) is 0 Å². The number of nitrogens with zero attached hydrogens (tertiary/aromatic N) is 1. The molecule has 118 valence electrons. The van der Waals surface area contributed by atoms with Crippen LogP contribution in [0.2, 0.25) is 5.02 Å². The molecule has 0 radical (unpaired) electrons. The first-order chi connectivity index (χ1) is 9.82. The second-order valence-corrected chi connectivity index (χ2v) is 7.84. The van der Waals surface area contributed by atoms with Gasteiger partial charge in [-0.25, -0.2) is 0 Å². The molecular weight excluding hydrogens is 280 g/mol. The van der Waals surface area contributed by atoms with Crippen LogP contribution in [0.5, 0.6) is 0 Å². The molecular formula is C18H29ClN2. The van der Waals surface area contributed by atoms with E-state index in [1.165, 1.54) is 18.4 Å². The fourth-order valence-electron chi connectivity index (χ4n) is 3.39. The maximum absolute atomic E-state index is 6.28. The zero-order chi connectivity index (χ0) is 15.6. The molecule has 1 saturated heterocycles. The van der Waals surface area contributed by atoms with Crippen molar-refractivity contribution in [3.8, 4) is 0 Å². The highest BCUT2D eigenvalue weighted by atomic mass is 35.5. The molecule has 0 amide bonds. The summed E-state index contributed by atoms with van der Waals surface area (Å²) in [6.45, 7) is 12.0. The van der Waals surface area contributed by atoms with Crippen LogP contribution in [0.15, 0.2) is 18.2 Å². The van der Waals surface area contributed by atoms with Crippen molar-refractivity contribution in [3.05, 3.63) is 34.3 Å². The Balaban J connectivity index is 2.07. The molecule has 2 nitrogen and oxygen atoms in total. The Hall–Kier alpha value is -0.570. The highest BCUT2D eigenvalue weighted by molar-refractivity contribution is 6.31. The van der Waals surface area contributed by atoms with Gasteiger partial charge in [0.1, 0.15) is 0 Å². The van der Waals surface area contributed by atoms with Crippen LogP contribution in [-0.4, -0.2) is 24.5 Å². The minimum absolute atomic E-state index is 0.295. The van der Waals surface area contributed by atoms with Crippen molar-refractivity contribution in [3.63, 3.8) is 0 Å². The van der Waals surface area contributed by atoms with Crippen molar-refractivity contribution in [1.82, 2.24) is 4.90 Å². The molecule has 21 heavy (non-hydrogen) atoms. The van der Waals surface area contributed by atoms with Crippen LogP contribution in [0, 0.1) is 18.3 Å². The van der Waals surface area contributed by atoms with Crippen molar-refractivity contribution in [1.29, 1.82) is 0 Å². The Kier molecular flexibility index (Phi) is 5.34. The molecule has 1 heterocycles. The van der Waals surface area contributed by atoms with Crippen molar-refractivity contribution >= 4 is 11.6 Å². The monoisotopic (exact) mass is 308 g/mol. The molecule has 1 aliphatic heterocycles. The summed E-state index contributed by atoms with van der Waals surface area (Å²) in [7, 11) is 0. The van der Waals surface area contributed by atoms with Crippen LogP contribution >= 0.6 is 11.6 Å². The van der Waals surface area contributed by atoms with Crippen molar-refractivity contribution in [2.24, 2.45) is 17.1 Å². The highest BCUT2D eigenvalue weighted by Crippen LogP contribution is 2.36. The molecule has 2 N–H and O–H groups in total. The first-order valence-corrected chi connectivity index (χ1v) is 8.41. The summed E-state index contributed by atoms with van der Waals surface area (Å²) in [6, 6.07) is 6.66. The molecule has 0 aliphatic carbocycles. The summed E-state index contributed by atoms with van der Waals surface area (Å²) in [6.07, 6.45) is 2.53. The molecule has 0 aromatic heterocycles. The molecule has 0 bridgehead atoms. The maximum Gasteiger partial charge on any atom is 0.0470 e. The summed E-state index contributed by atoms with van der Waals surface area (Å²) in [5.41, 5.74) is 8.85. The lowest BCUT2D eigenvalue weighted by Gasteiger charge is -2.41. The van der Waals surface area contributed by atoms with Crippen LogP contribution in [0.25, 0.3) is 0 Å². The quantitative estimate of drug-likeness (QED) is 0.896. The number of hydrogen-bond donors (Lipinski definition) is 1. The van der Waals surface area contributed by atoms with Gasteiger partial charge in [0, 0.05) is 17.6 Å². The number of rotatable bonds is 3.